The minimum Gasteiger partial charge on any atom is -0.508 e. The van der Waals surface area contributed by atoms with Crippen LogP contribution in [0.2, 0.25) is 0 Å². The Morgan fingerprint density at radius 2 is 1.96 bits per heavy atom. The molecule has 0 bridgehead atoms. The highest BCUT2D eigenvalue weighted by atomic mass is 16.5. The van der Waals surface area contributed by atoms with Gasteiger partial charge in [0.25, 0.3) is 0 Å². The number of aromatic hydroxyl groups is 1. The van der Waals surface area contributed by atoms with E-state index in [0.29, 0.717) is 22.3 Å². The zero-order chi connectivity index (χ0) is 17.4. The first-order chi connectivity index (χ1) is 12.1. The van der Waals surface area contributed by atoms with Crippen LogP contribution in [0.1, 0.15) is 5.56 Å². The molecule has 0 unspecified atom stereocenters. The summed E-state index contributed by atoms with van der Waals surface area (Å²) in [6.07, 6.45) is 4.46. The lowest BCUT2D eigenvalue weighted by Crippen LogP contribution is -2.05. The Hall–Kier alpha value is -3.54. The van der Waals surface area contributed by atoms with Crippen LogP contribution in [0.25, 0.3) is 16.7 Å². The second kappa shape index (κ2) is 5.83. The van der Waals surface area contributed by atoms with Gasteiger partial charge >= 0.3 is 0 Å². The summed E-state index contributed by atoms with van der Waals surface area (Å²) in [5.41, 5.74) is 1.43. The van der Waals surface area contributed by atoms with Crippen LogP contribution in [0, 0.1) is 6.92 Å². The molecule has 25 heavy (non-hydrogen) atoms. The number of rotatable bonds is 3. The predicted octanol–water partition coefficient (Wildman–Crippen LogP) is 3.79. The first kappa shape index (κ1) is 15.0. The number of aryl methyl sites for hydroxylation is 1. The number of fused-ring (bicyclic) bond motifs is 1. The van der Waals surface area contributed by atoms with Gasteiger partial charge in [0.15, 0.2) is 5.75 Å². The smallest absolute Gasteiger partial charge is 0.235 e. The van der Waals surface area contributed by atoms with Crippen LogP contribution in [-0.2, 0) is 0 Å². The Morgan fingerprint density at radius 3 is 2.76 bits per heavy atom. The molecule has 0 saturated carbocycles. The van der Waals surface area contributed by atoms with Crippen molar-refractivity contribution in [2.45, 2.75) is 6.92 Å². The molecule has 6 nitrogen and oxygen atoms in total. The number of phenols is 1. The number of hydrogen-bond donors (Lipinski definition) is 1. The summed E-state index contributed by atoms with van der Waals surface area (Å²) in [4.78, 5) is 12.6. The van der Waals surface area contributed by atoms with E-state index in [1.54, 1.807) is 17.8 Å². The molecule has 2 heterocycles. The summed E-state index contributed by atoms with van der Waals surface area (Å²) >= 11 is 0. The van der Waals surface area contributed by atoms with E-state index in [9.17, 15) is 9.90 Å². The van der Waals surface area contributed by atoms with Crippen LogP contribution in [0.15, 0.2) is 70.3 Å². The zero-order valence-corrected chi connectivity index (χ0v) is 13.3. The van der Waals surface area contributed by atoms with Crippen molar-refractivity contribution in [3.63, 3.8) is 0 Å². The van der Waals surface area contributed by atoms with Crippen LogP contribution >= 0.6 is 0 Å². The van der Waals surface area contributed by atoms with E-state index < -0.39 is 0 Å². The SMILES string of the molecule is Cc1c(O)ccc2c(=O)c(Oc3cnn(-c4ccccc4)c3)coc12. The molecule has 0 aliphatic carbocycles. The summed E-state index contributed by atoms with van der Waals surface area (Å²) in [6, 6.07) is 12.5. The standard InChI is InChI=1S/C19H14N2O4/c1-12-16(22)8-7-15-18(23)17(11-24-19(12)15)25-14-9-20-21(10-14)13-5-3-2-4-6-13/h2-11,22H,1H3. The van der Waals surface area contributed by atoms with Gasteiger partial charge in [0.2, 0.25) is 11.2 Å². The van der Waals surface area contributed by atoms with Crippen molar-refractivity contribution in [1.29, 1.82) is 0 Å². The maximum atomic E-state index is 12.6. The van der Waals surface area contributed by atoms with Crippen LogP contribution < -0.4 is 10.2 Å². The van der Waals surface area contributed by atoms with Gasteiger partial charge in [-0.3, -0.25) is 4.79 Å². The fourth-order valence-electron chi connectivity index (χ4n) is 2.59. The molecule has 4 aromatic rings. The average Bonchev–Trinajstić information content (AvgIpc) is 3.10. The Kier molecular flexibility index (Phi) is 3.50. The molecule has 0 atom stereocenters. The summed E-state index contributed by atoms with van der Waals surface area (Å²) in [5, 5.41) is 14.3. The first-order valence-corrected chi connectivity index (χ1v) is 7.65. The van der Waals surface area contributed by atoms with Gasteiger partial charge in [0.05, 0.1) is 23.5 Å². The lowest BCUT2D eigenvalue weighted by Gasteiger charge is -2.06. The lowest BCUT2D eigenvalue weighted by molar-refractivity contribution is 0.447. The number of benzene rings is 2. The summed E-state index contributed by atoms with van der Waals surface area (Å²) in [5.74, 6) is 0.560. The minimum atomic E-state index is -0.309. The van der Waals surface area contributed by atoms with Gasteiger partial charge in [0, 0.05) is 5.56 Å². The Morgan fingerprint density at radius 1 is 1.16 bits per heavy atom. The molecule has 0 fully saturated rings. The second-order valence-corrected chi connectivity index (χ2v) is 5.57. The van der Waals surface area contributed by atoms with E-state index in [2.05, 4.69) is 5.10 Å². The van der Waals surface area contributed by atoms with Crippen molar-refractivity contribution in [3.05, 3.63) is 76.9 Å². The summed E-state index contributed by atoms with van der Waals surface area (Å²) in [7, 11) is 0. The highest BCUT2D eigenvalue weighted by Crippen LogP contribution is 2.27. The average molecular weight is 334 g/mol. The van der Waals surface area contributed by atoms with Crippen molar-refractivity contribution in [2.24, 2.45) is 0 Å². The van der Waals surface area contributed by atoms with Gasteiger partial charge in [-0.05, 0) is 31.2 Å². The van der Waals surface area contributed by atoms with E-state index in [4.69, 9.17) is 9.15 Å². The third-order valence-electron chi connectivity index (χ3n) is 3.94. The Bertz CT molecular complexity index is 1110. The van der Waals surface area contributed by atoms with Crippen molar-refractivity contribution in [1.82, 2.24) is 9.78 Å². The van der Waals surface area contributed by atoms with Crippen molar-refractivity contribution < 1.29 is 14.3 Å². The highest BCUT2D eigenvalue weighted by Gasteiger charge is 2.13. The van der Waals surface area contributed by atoms with E-state index in [0.717, 1.165) is 5.69 Å². The van der Waals surface area contributed by atoms with Gasteiger partial charge in [-0.25, -0.2) is 4.68 Å². The molecule has 6 heteroatoms. The molecular weight excluding hydrogens is 320 g/mol. The third-order valence-corrected chi connectivity index (χ3v) is 3.94. The van der Waals surface area contributed by atoms with Crippen LogP contribution in [0.4, 0.5) is 0 Å². The highest BCUT2D eigenvalue weighted by molar-refractivity contribution is 5.82. The molecule has 0 aliphatic heterocycles. The van der Waals surface area contributed by atoms with Gasteiger partial charge in [-0.2, -0.15) is 5.10 Å². The maximum Gasteiger partial charge on any atom is 0.235 e. The van der Waals surface area contributed by atoms with Gasteiger partial charge in [-0.15, -0.1) is 0 Å². The molecule has 2 aromatic carbocycles. The molecule has 2 aromatic heterocycles. The number of ether oxygens (including phenoxy) is 1. The molecule has 1 N–H and O–H groups in total. The van der Waals surface area contributed by atoms with Crippen molar-refractivity contribution in [2.75, 3.05) is 0 Å². The molecule has 0 amide bonds. The normalized spacial score (nSPS) is 10.9. The second-order valence-electron chi connectivity index (χ2n) is 5.57. The quantitative estimate of drug-likeness (QED) is 0.617. The largest absolute Gasteiger partial charge is 0.508 e. The van der Waals surface area contributed by atoms with E-state index >= 15 is 0 Å². The van der Waals surface area contributed by atoms with E-state index in [1.165, 1.54) is 24.6 Å². The molecule has 4 rings (SSSR count). The Labute approximate surface area is 142 Å². The van der Waals surface area contributed by atoms with Gasteiger partial charge in [0.1, 0.15) is 17.6 Å². The first-order valence-electron chi connectivity index (χ1n) is 7.65. The molecular formula is C19H14N2O4. The number of aromatic nitrogens is 2. The van der Waals surface area contributed by atoms with Crippen LogP contribution in [0.5, 0.6) is 17.2 Å². The fraction of sp³-hybridized carbons (Fsp3) is 0.0526. The van der Waals surface area contributed by atoms with Crippen LogP contribution in [-0.4, -0.2) is 14.9 Å². The summed E-state index contributed by atoms with van der Waals surface area (Å²) in [6.45, 7) is 1.69. The van der Waals surface area contributed by atoms with Crippen molar-refractivity contribution in [3.8, 4) is 22.9 Å². The monoisotopic (exact) mass is 334 g/mol. The number of nitrogens with zero attached hydrogens (tertiary/aromatic N) is 2. The maximum absolute atomic E-state index is 12.6. The third kappa shape index (κ3) is 2.63. The number of hydrogen-bond acceptors (Lipinski definition) is 5. The summed E-state index contributed by atoms with van der Waals surface area (Å²) < 4.78 is 12.8. The fourth-order valence-corrected chi connectivity index (χ4v) is 2.59. The van der Waals surface area contributed by atoms with E-state index in [-0.39, 0.29) is 16.9 Å². The molecule has 0 saturated heterocycles. The molecule has 0 spiro atoms. The number of phenolic OH excluding ortho intramolecular Hbond substituents is 1. The molecule has 124 valence electrons. The molecule has 0 aliphatic rings. The lowest BCUT2D eigenvalue weighted by atomic mass is 10.1. The Balaban J connectivity index is 1.70. The van der Waals surface area contributed by atoms with Gasteiger partial charge < -0.3 is 14.3 Å². The minimum absolute atomic E-state index is 0.0604. The zero-order valence-electron chi connectivity index (χ0n) is 13.3. The van der Waals surface area contributed by atoms with Crippen LogP contribution in [0.3, 0.4) is 0 Å². The van der Waals surface area contributed by atoms with Crippen molar-refractivity contribution >= 4 is 11.0 Å². The van der Waals surface area contributed by atoms with E-state index in [1.807, 2.05) is 30.3 Å². The topological polar surface area (TPSA) is 77.5 Å². The predicted molar refractivity (Wildman–Crippen MR) is 92.5 cm³/mol. The molecule has 0 radical (unpaired) electrons. The van der Waals surface area contributed by atoms with Gasteiger partial charge in [-0.1, -0.05) is 18.2 Å². The number of para-hydroxylation sites is 1.